The van der Waals surface area contributed by atoms with Crippen molar-refractivity contribution in [3.63, 3.8) is 0 Å². The van der Waals surface area contributed by atoms with Crippen molar-refractivity contribution in [3.8, 4) is 17.3 Å². The van der Waals surface area contributed by atoms with Crippen LogP contribution < -0.4 is 11.2 Å². The van der Waals surface area contributed by atoms with Gasteiger partial charge in [0.05, 0.1) is 17.1 Å². The number of aromatic hydroxyl groups is 1. The third-order valence-corrected chi connectivity index (χ3v) is 6.08. The molecule has 0 atom stereocenters. The fourth-order valence-electron chi connectivity index (χ4n) is 3.97. The van der Waals surface area contributed by atoms with Crippen molar-refractivity contribution in [1.29, 1.82) is 0 Å². The van der Waals surface area contributed by atoms with Crippen LogP contribution in [0.3, 0.4) is 0 Å². The van der Waals surface area contributed by atoms with Crippen molar-refractivity contribution in [2.45, 2.75) is 52.4 Å². The molecule has 0 spiro atoms. The van der Waals surface area contributed by atoms with E-state index in [0.29, 0.717) is 17.1 Å². The minimum absolute atomic E-state index is 0.00868. The lowest BCUT2D eigenvalue weighted by atomic mass is 9.87. The first-order valence-corrected chi connectivity index (χ1v) is 11.6. The summed E-state index contributed by atoms with van der Waals surface area (Å²) in [6.07, 6.45) is 6.60. The van der Waals surface area contributed by atoms with E-state index in [9.17, 15) is 14.7 Å². The minimum atomic E-state index is -0.641. The molecule has 1 N–H and O–H groups in total. The minimum Gasteiger partial charge on any atom is -0.494 e. The fraction of sp³-hybridized carbons (Fsp3) is 0.276. The number of allylic oxidation sites excluding steroid dienone is 2. The summed E-state index contributed by atoms with van der Waals surface area (Å²) in [6.45, 7) is 12.4. The molecule has 2 aromatic carbocycles. The molecular formula is C29H31N3O3. The van der Waals surface area contributed by atoms with Crippen molar-refractivity contribution in [3.05, 3.63) is 104 Å². The normalized spacial score (nSPS) is 14.7. The molecule has 6 nitrogen and oxygen atoms in total. The summed E-state index contributed by atoms with van der Waals surface area (Å²) in [5, 5.41) is 11.2. The second-order valence-electron chi connectivity index (χ2n) is 10.8. The summed E-state index contributed by atoms with van der Waals surface area (Å²) in [6, 6.07) is 14.8. The van der Waals surface area contributed by atoms with Gasteiger partial charge >= 0.3 is 5.69 Å². The maximum Gasteiger partial charge on any atom is 0.343 e. The first-order valence-electron chi connectivity index (χ1n) is 11.6. The van der Waals surface area contributed by atoms with Gasteiger partial charge in [0, 0.05) is 6.21 Å². The summed E-state index contributed by atoms with van der Waals surface area (Å²) in [4.78, 5) is 31.7. The van der Waals surface area contributed by atoms with Gasteiger partial charge in [-0.2, -0.15) is 0 Å². The van der Waals surface area contributed by atoms with E-state index in [2.05, 4.69) is 46.5 Å². The van der Waals surface area contributed by atoms with Crippen LogP contribution in [0.5, 0.6) is 5.88 Å². The highest BCUT2D eigenvalue weighted by molar-refractivity contribution is 5.79. The van der Waals surface area contributed by atoms with E-state index in [1.54, 1.807) is 30.5 Å². The highest BCUT2D eigenvalue weighted by Gasteiger charge is 2.23. The quantitative estimate of drug-likeness (QED) is 0.568. The van der Waals surface area contributed by atoms with Crippen LogP contribution in [0.1, 0.15) is 58.2 Å². The predicted octanol–water partition coefficient (Wildman–Crippen LogP) is 5.27. The number of hydrogen-bond donors (Lipinski definition) is 1. The van der Waals surface area contributed by atoms with Gasteiger partial charge in [0.25, 0.3) is 5.56 Å². The first kappa shape index (κ1) is 24.2. The number of hydrogen-bond acceptors (Lipinski definition) is 4. The van der Waals surface area contributed by atoms with Crippen molar-refractivity contribution in [2.75, 3.05) is 0 Å². The van der Waals surface area contributed by atoms with Crippen LogP contribution in [0.15, 0.2) is 81.0 Å². The summed E-state index contributed by atoms with van der Waals surface area (Å²) in [5.74, 6) is -0.419. The van der Waals surface area contributed by atoms with E-state index in [4.69, 9.17) is 0 Å². The third kappa shape index (κ3) is 4.69. The Kier molecular flexibility index (Phi) is 6.01. The van der Waals surface area contributed by atoms with E-state index in [1.165, 1.54) is 10.6 Å². The maximum atomic E-state index is 13.8. The van der Waals surface area contributed by atoms with E-state index in [-0.39, 0.29) is 16.4 Å². The SMILES string of the molecule is CC(C)(C)c1cccc(-n2c(O)c(C=C3C=CC=N3)c(=O)n(-c3cccc(C(C)(C)C)c3)c2=O)c1. The lowest BCUT2D eigenvalue weighted by molar-refractivity contribution is 0.426. The predicted molar refractivity (Wildman–Crippen MR) is 142 cm³/mol. The number of aliphatic imine (C=N–C) groups is 1. The Morgan fingerprint density at radius 2 is 1.37 bits per heavy atom. The van der Waals surface area contributed by atoms with Crippen molar-refractivity contribution >= 4 is 12.3 Å². The summed E-state index contributed by atoms with van der Waals surface area (Å²) in [7, 11) is 0. The molecule has 4 rings (SSSR count). The zero-order valence-electron chi connectivity index (χ0n) is 21.0. The number of rotatable bonds is 3. The van der Waals surface area contributed by atoms with Crippen molar-refractivity contribution in [1.82, 2.24) is 9.13 Å². The third-order valence-electron chi connectivity index (χ3n) is 6.08. The van der Waals surface area contributed by atoms with Gasteiger partial charge in [-0.3, -0.25) is 9.79 Å². The van der Waals surface area contributed by atoms with Crippen molar-refractivity contribution < 1.29 is 5.11 Å². The summed E-state index contributed by atoms with van der Waals surface area (Å²) in [5.41, 5.74) is 1.82. The molecule has 0 saturated carbocycles. The monoisotopic (exact) mass is 469 g/mol. The molecule has 6 heteroatoms. The lowest BCUT2D eigenvalue weighted by Gasteiger charge is -2.22. The highest BCUT2D eigenvalue weighted by atomic mass is 16.3. The molecule has 35 heavy (non-hydrogen) atoms. The van der Waals surface area contributed by atoms with Gasteiger partial charge in [0.15, 0.2) is 0 Å². The Morgan fingerprint density at radius 3 is 1.86 bits per heavy atom. The van der Waals surface area contributed by atoms with Crippen LogP contribution in [0.25, 0.3) is 17.5 Å². The first-order chi connectivity index (χ1) is 16.4. The maximum absolute atomic E-state index is 13.8. The van der Waals surface area contributed by atoms with E-state index >= 15 is 0 Å². The van der Waals surface area contributed by atoms with E-state index in [0.717, 1.165) is 15.7 Å². The van der Waals surface area contributed by atoms with E-state index < -0.39 is 17.1 Å². The topological polar surface area (TPSA) is 76.6 Å². The lowest BCUT2D eigenvalue weighted by Crippen LogP contribution is -2.39. The number of benzene rings is 2. The molecule has 0 unspecified atom stereocenters. The highest BCUT2D eigenvalue weighted by Crippen LogP contribution is 2.28. The molecule has 2 heterocycles. The van der Waals surface area contributed by atoms with Crippen LogP contribution in [-0.4, -0.2) is 20.5 Å². The zero-order chi connectivity index (χ0) is 25.5. The average Bonchev–Trinajstić information content (AvgIpc) is 3.29. The molecule has 3 aromatic rings. The van der Waals surface area contributed by atoms with Gasteiger partial charge < -0.3 is 5.11 Å². The molecule has 0 amide bonds. The smallest absolute Gasteiger partial charge is 0.343 e. The molecule has 0 bridgehead atoms. The van der Waals surface area contributed by atoms with Crippen molar-refractivity contribution in [2.24, 2.45) is 4.99 Å². The van der Waals surface area contributed by atoms with Crippen LogP contribution in [0.4, 0.5) is 0 Å². The molecule has 1 aliphatic heterocycles. The van der Waals surface area contributed by atoms with Gasteiger partial charge in [0.2, 0.25) is 5.88 Å². The molecular weight excluding hydrogens is 438 g/mol. The van der Waals surface area contributed by atoms with Crippen LogP contribution >= 0.6 is 0 Å². The molecule has 1 aliphatic rings. The second-order valence-corrected chi connectivity index (χ2v) is 10.8. The fourth-order valence-corrected chi connectivity index (χ4v) is 3.97. The zero-order valence-corrected chi connectivity index (χ0v) is 21.0. The Hall–Kier alpha value is -3.93. The summed E-state index contributed by atoms with van der Waals surface area (Å²) >= 11 is 0. The molecule has 180 valence electrons. The Morgan fingerprint density at radius 1 is 0.829 bits per heavy atom. The van der Waals surface area contributed by atoms with Crippen LogP contribution in [-0.2, 0) is 10.8 Å². The van der Waals surface area contributed by atoms with Gasteiger partial charge in [0.1, 0.15) is 5.56 Å². The molecule has 1 aromatic heterocycles. The molecule has 0 radical (unpaired) electrons. The molecule has 0 aliphatic carbocycles. The van der Waals surface area contributed by atoms with E-state index in [1.807, 2.05) is 36.4 Å². The largest absolute Gasteiger partial charge is 0.494 e. The summed E-state index contributed by atoms with van der Waals surface area (Å²) < 4.78 is 2.31. The molecule has 0 fully saturated rings. The second kappa shape index (κ2) is 8.69. The Bertz CT molecular complexity index is 1490. The van der Waals surface area contributed by atoms with Crippen LogP contribution in [0.2, 0.25) is 0 Å². The van der Waals surface area contributed by atoms with Gasteiger partial charge in [-0.05, 0) is 64.5 Å². The van der Waals surface area contributed by atoms with Gasteiger partial charge in [-0.25, -0.2) is 13.9 Å². The van der Waals surface area contributed by atoms with Gasteiger partial charge in [-0.15, -0.1) is 0 Å². The number of nitrogens with zero attached hydrogens (tertiary/aromatic N) is 3. The Balaban J connectivity index is 2.08. The van der Waals surface area contributed by atoms with Crippen LogP contribution in [0, 0.1) is 0 Å². The number of aromatic nitrogens is 2. The molecule has 0 saturated heterocycles. The average molecular weight is 470 g/mol. The van der Waals surface area contributed by atoms with Gasteiger partial charge in [-0.1, -0.05) is 65.8 Å². The standard InChI is InChI=1S/C29H31N3O3/c1-28(2,3)19-10-7-13-22(16-19)31-25(33)24(18-21-12-9-15-30-21)26(34)32(27(31)35)23-14-8-11-20(17-23)29(4,5)6/h7-18,33H,1-6H3. The Labute approximate surface area is 205 Å².